The highest BCUT2D eigenvalue weighted by atomic mass is 16.7. The van der Waals surface area contributed by atoms with Crippen LogP contribution < -0.4 is 10.3 Å². The van der Waals surface area contributed by atoms with Crippen LogP contribution in [0.25, 0.3) is 0 Å². The van der Waals surface area contributed by atoms with Gasteiger partial charge in [0.05, 0.1) is 0 Å². The van der Waals surface area contributed by atoms with Crippen LogP contribution >= 0.6 is 0 Å². The van der Waals surface area contributed by atoms with Gasteiger partial charge in [-0.25, -0.2) is 4.98 Å². The van der Waals surface area contributed by atoms with Crippen molar-refractivity contribution < 1.29 is 9.63 Å². The average Bonchev–Trinajstić information content (AvgIpc) is 2.01. The summed E-state index contributed by atoms with van der Waals surface area (Å²) in [6.45, 7) is 3.09. The first-order chi connectivity index (χ1) is 5.68. The summed E-state index contributed by atoms with van der Waals surface area (Å²) in [7, 11) is 0. The topological polar surface area (TPSA) is 64.1 Å². The molecule has 0 aliphatic heterocycles. The Hall–Kier alpha value is -1.65. The fourth-order valence-electron chi connectivity index (χ4n) is 0.615. The summed E-state index contributed by atoms with van der Waals surface area (Å²) in [6.07, 6.45) is 1.56. The molecule has 0 atom stereocenters. The number of rotatable bonds is 2. The van der Waals surface area contributed by atoms with Gasteiger partial charge in [0.15, 0.2) is 0 Å². The fourth-order valence-corrected chi connectivity index (χ4v) is 0.615. The highest BCUT2D eigenvalue weighted by Gasteiger charge is 1.96. The highest BCUT2D eigenvalue weighted by Crippen LogP contribution is 2.01. The zero-order valence-electron chi connectivity index (χ0n) is 6.87. The number of nitrogens with zero attached hydrogens (tertiary/aromatic N) is 2. The first kappa shape index (κ1) is 8.45. The lowest BCUT2D eigenvalue weighted by Gasteiger charge is -2.02. The number of carbonyl (C=O) groups excluding carboxylic acids is 1. The highest BCUT2D eigenvalue weighted by molar-refractivity contribution is 5.71. The Bertz CT molecular complexity index is 288. The molecule has 5 heteroatoms. The van der Waals surface area contributed by atoms with Gasteiger partial charge in [-0.05, 0) is 6.92 Å². The van der Waals surface area contributed by atoms with E-state index in [2.05, 4.69) is 15.4 Å². The molecule has 0 spiro atoms. The predicted octanol–water partition coefficient (Wildman–Crippen LogP) is 0.215. The second kappa shape index (κ2) is 3.66. The van der Waals surface area contributed by atoms with Gasteiger partial charge in [0.25, 0.3) is 0 Å². The Morgan fingerprint density at radius 3 is 3.00 bits per heavy atom. The third-order valence-electron chi connectivity index (χ3n) is 1.05. The summed E-state index contributed by atoms with van der Waals surface area (Å²) in [5.41, 5.74) is 2.16. The number of aryl methyl sites for hydroxylation is 1. The Morgan fingerprint density at radius 1 is 1.67 bits per heavy atom. The average molecular weight is 167 g/mol. The SMILES string of the molecule is CC(=O)NOc1ccnc(C)n1. The second-order valence-electron chi connectivity index (χ2n) is 2.20. The van der Waals surface area contributed by atoms with Gasteiger partial charge in [0, 0.05) is 19.2 Å². The van der Waals surface area contributed by atoms with Gasteiger partial charge < -0.3 is 4.84 Å². The van der Waals surface area contributed by atoms with E-state index in [1.54, 1.807) is 19.2 Å². The van der Waals surface area contributed by atoms with Crippen LogP contribution in [0.4, 0.5) is 0 Å². The largest absolute Gasteiger partial charge is 0.359 e. The van der Waals surface area contributed by atoms with Crippen molar-refractivity contribution in [2.75, 3.05) is 0 Å². The number of nitrogens with one attached hydrogen (secondary N) is 1. The molecule has 1 aromatic heterocycles. The van der Waals surface area contributed by atoms with Crippen LogP contribution in [0.1, 0.15) is 12.7 Å². The summed E-state index contributed by atoms with van der Waals surface area (Å²) in [6, 6.07) is 1.56. The smallest absolute Gasteiger partial charge is 0.249 e. The number of hydroxylamine groups is 1. The molecule has 1 heterocycles. The molecule has 0 bridgehead atoms. The van der Waals surface area contributed by atoms with Crippen molar-refractivity contribution in [2.24, 2.45) is 0 Å². The van der Waals surface area contributed by atoms with Crippen molar-refractivity contribution in [3.05, 3.63) is 18.1 Å². The van der Waals surface area contributed by atoms with E-state index in [0.717, 1.165) is 0 Å². The van der Waals surface area contributed by atoms with Gasteiger partial charge in [-0.3, -0.25) is 4.79 Å². The van der Waals surface area contributed by atoms with E-state index in [4.69, 9.17) is 4.84 Å². The third-order valence-corrected chi connectivity index (χ3v) is 1.05. The summed E-state index contributed by atoms with van der Waals surface area (Å²) in [5, 5.41) is 0. The maximum absolute atomic E-state index is 10.4. The minimum Gasteiger partial charge on any atom is -0.359 e. The summed E-state index contributed by atoms with van der Waals surface area (Å²) >= 11 is 0. The van der Waals surface area contributed by atoms with Crippen molar-refractivity contribution >= 4 is 5.91 Å². The van der Waals surface area contributed by atoms with Crippen molar-refractivity contribution in [1.82, 2.24) is 15.4 Å². The van der Waals surface area contributed by atoms with Gasteiger partial charge in [0.2, 0.25) is 11.8 Å². The molecule has 0 saturated carbocycles. The van der Waals surface area contributed by atoms with E-state index in [-0.39, 0.29) is 5.91 Å². The molecule has 64 valence electrons. The predicted molar refractivity (Wildman–Crippen MR) is 41.2 cm³/mol. The zero-order valence-corrected chi connectivity index (χ0v) is 6.87. The van der Waals surface area contributed by atoms with Crippen LogP contribution in [0.2, 0.25) is 0 Å². The molecule has 0 unspecified atom stereocenters. The maximum atomic E-state index is 10.4. The van der Waals surface area contributed by atoms with Crippen LogP contribution in [-0.4, -0.2) is 15.9 Å². The molecule has 1 N–H and O–H groups in total. The van der Waals surface area contributed by atoms with Crippen LogP contribution in [0.3, 0.4) is 0 Å². The van der Waals surface area contributed by atoms with Crippen molar-refractivity contribution in [1.29, 1.82) is 0 Å². The Balaban J connectivity index is 2.57. The van der Waals surface area contributed by atoms with Gasteiger partial charge in [0.1, 0.15) is 5.82 Å². The molecule has 5 nitrogen and oxygen atoms in total. The van der Waals surface area contributed by atoms with E-state index in [1.165, 1.54) is 6.92 Å². The van der Waals surface area contributed by atoms with Crippen LogP contribution in [0.15, 0.2) is 12.3 Å². The molecule has 0 aromatic carbocycles. The van der Waals surface area contributed by atoms with Crippen molar-refractivity contribution in [3.8, 4) is 5.88 Å². The van der Waals surface area contributed by atoms with Gasteiger partial charge in [-0.15, -0.1) is 0 Å². The number of amides is 1. The Morgan fingerprint density at radius 2 is 2.42 bits per heavy atom. The monoisotopic (exact) mass is 167 g/mol. The normalized spacial score (nSPS) is 9.17. The minimum absolute atomic E-state index is 0.272. The lowest BCUT2D eigenvalue weighted by Crippen LogP contribution is -2.24. The fraction of sp³-hybridized carbons (Fsp3) is 0.286. The number of hydrogen-bond donors (Lipinski definition) is 1. The number of aromatic nitrogens is 2. The van der Waals surface area contributed by atoms with Gasteiger partial charge in [-0.2, -0.15) is 10.5 Å². The molecule has 0 aliphatic carbocycles. The molecule has 1 rings (SSSR count). The molecular formula is C7H9N3O2. The molecule has 0 saturated heterocycles. The van der Waals surface area contributed by atoms with E-state index in [9.17, 15) is 4.79 Å². The summed E-state index contributed by atoms with van der Waals surface area (Å²) in [4.78, 5) is 23.0. The third kappa shape index (κ3) is 2.53. The quantitative estimate of drug-likeness (QED) is 0.640. The molecule has 0 radical (unpaired) electrons. The molecule has 1 aromatic rings. The van der Waals surface area contributed by atoms with E-state index in [0.29, 0.717) is 11.7 Å². The van der Waals surface area contributed by atoms with Crippen LogP contribution in [-0.2, 0) is 4.79 Å². The molecule has 1 amide bonds. The van der Waals surface area contributed by atoms with Crippen LogP contribution in [0, 0.1) is 6.92 Å². The minimum atomic E-state index is -0.272. The van der Waals surface area contributed by atoms with E-state index < -0.39 is 0 Å². The Labute approximate surface area is 69.7 Å². The van der Waals surface area contributed by atoms with Crippen molar-refractivity contribution in [2.45, 2.75) is 13.8 Å². The lowest BCUT2D eigenvalue weighted by molar-refractivity contribution is -0.125. The van der Waals surface area contributed by atoms with Crippen LogP contribution in [0.5, 0.6) is 5.88 Å². The molecule has 0 fully saturated rings. The van der Waals surface area contributed by atoms with Gasteiger partial charge >= 0.3 is 0 Å². The summed E-state index contributed by atoms with van der Waals surface area (Å²) < 4.78 is 0. The maximum Gasteiger partial charge on any atom is 0.249 e. The van der Waals surface area contributed by atoms with Crippen molar-refractivity contribution in [3.63, 3.8) is 0 Å². The number of carbonyl (C=O) groups is 1. The second-order valence-corrected chi connectivity index (χ2v) is 2.20. The molecular weight excluding hydrogens is 158 g/mol. The number of hydrogen-bond acceptors (Lipinski definition) is 4. The Kier molecular flexibility index (Phi) is 2.57. The first-order valence-electron chi connectivity index (χ1n) is 3.41. The lowest BCUT2D eigenvalue weighted by atomic mass is 10.6. The zero-order chi connectivity index (χ0) is 8.97. The standard InChI is InChI=1S/C7H9N3O2/c1-5-8-4-3-7(9-5)12-10-6(2)11/h3-4H,1-2H3,(H,10,11). The molecule has 12 heavy (non-hydrogen) atoms. The first-order valence-corrected chi connectivity index (χ1v) is 3.41. The van der Waals surface area contributed by atoms with E-state index in [1.807, 2.05) is 0 Å². The summed E-state index contributed by atoms with van der Waals surface area (Å²) in [5.74, 6) is 0.654. The van der Waals surface area contributed by atoms with Gasteiger partial charge in [-0.1, -0.05) is 0 Å². The molecule has 0 aliphatic rings. The van der Waals surface area contributed by atoms with E-state index >= 15 is 0 Å².